The van der Waals surface area contributed by atoms with Crippen LogP contribution in [0.4, 0.5) is 0 Å². The van der Waals surface area contributed by atoms with Gasteiger partial charge in [0.2, 0.25) is 0 Å². The predicted octanol–water partition coefficient (Wildman–Crippen LogP) is 4.30. The SMILES string of the molecule is CCCCCC(=O)c1c(O)cc(O)c(CCCCC)c1O. The molecule has 0 heterocycles. The number of hydrogen-bond donors (Lipinski definition) is 3. The van der Waals surface area contributed by atoms with Gasteiger partial charge in [0, 0.05) is 18.1 Å². The third kappa shape index (κ3) is 4.66. The van der Waals surface area contributed by atoms with Crippen LogP contribution in [0.3, 0.4) is 0 Å². The molecular formula is C17H26O4. The van der Waals surface area contributed by atoms with E-state index in [9.17, 15) is 20.1 Å². The van der Waals surface area contributed by atoms with E-state index in [2.05, 4.69) is 6.92 Å². The molecule has 3 N–H and O–H groups in total. The normalized spacial score (nSPS) is 10.8. The molecule has 0 fully saturated rings. The monoisotopic (exact) mass is 294 g/mol. The molecule has 0 aliphatic heterocycles. The average molecular weight is 294 g/mol. The van der Waals surface area contributed by atoms with Crippen molar-refractivity contribution in [1.82, 2.24) is 0 Å². The van der Waals surface area contributed by atoms with Gasteiger partial charge in [-0.05, 0) is 19.3 Å². The molecule has 118 valence electrons. The van der Waals surface area contributed by atoms with Crippen molar-refractivity contribution in [1.29, 1.82) is 0 Å². The first-order valence-corrected chi connectivity index (χ1v) is 7.82. The first kappa shape index (κ1) is 17.3. The summed E-state index contributed by atoms with van der Waals surface area (Å²) >= 11 is 0. The number of phenols is 3. The largest absolute Gasteiger partial charge is 0.507 e. The van der Waals surface area contributed by atoms with Crippen LogP contribution in [0.1, 0.15) is 74.7 Å². The van der Waals surface area contributed by atoms with Gasteiger partial charge in [0.25, 0.3) is 0 Å². The molecule has 0 amide bonds. The van der Waals surface area contributed by atoms with Crippen molar-refractivity contribution in [2.24, 2.45) is 0 Å². The lowest BCUT2D eigenvalue weighted by Gasteiger charge is -2.13. The van der Waals surface area contributed by atoms with Gasteiger partial charge in [0.15, 0.2) is 5.78 Å². The van der Waals surface area contributed by atoms with E-state index >= 15 is 0 Å². The number of hydrogen-bond acceptors (Lipinski definition) is 4. The number of aromatic hydroxyl groups is 3. The number of benzene rings is 1. The zero-order valence-corrected chi connectivity index (χ0v) is 13.0. The van der Waals surface area contributed by atoms with Crippen LogP contribution in [0, 0.1) is 0 Å². The number of phenolic OH excluding ortho intramolecular Hbond substituents is 3. The molecule has 21 heavy (non-hydrogen) atoms. The van der Waals surface area contributed by atoms with Gasteiger partial charge in [0.05, 0.1) is 0 Å². The Morgan fingerprint density at radius 3 is 2.19 bits per heavy atom. The first-order valence-electron chi connectivity index (χ1n) is 7.82. The first-order chi connectivity index (χ1) is 10.0. The second-order valence-corrected chi connectivity index (χ2v) is 5.45. The molecule has 1 aromatic carbocycles. The minimum absolute atomic E-state index is 0.0459. The highest BCUT2D eigenvalue weighted by Crippen LogP contribution is 2.39. The molecule has 0 saturated heterocycles. The van der Waals surface area contributed by atoms with Gasteiger partial charge in [-0.3, -0.25) is 4.79 Å². The van der Waals surface area contributed by atoms with Crippen LogP contribution in [-0.2, 0) is 6.42 Å². The smallest absolute Gasteiger partial charge is 0.170 e. The molecule has 0 spiro atoms. The fraction of sp³-hybridized carbons (Fsp3) is 0.588. The number of Topliss-reactive ketones (excluding diaryl/α,β-unsaturated/α-hetero) is 1. The van der Waals surface area contributed by atoms with E-state index in [1.165, 1.54) is 0 Å². The number of rotatable bonds is 9. The van der Waals surface area contributed by atoms with E-state index in [-0.39, 0.29) is 28.6 Å². The van der Waals surface area contributed by atoms with Crippen LogP contribution < -0.4 is 0 Å². The van der Waals surface area contributed by atoms with Gasteiger partial charge in [-0.2, -0.15) is 0 Å². The Balaban J connectivity index is 2.97. The lowest BCUT2D eigenvalue weighted by atomic mass is 9.96. The van der Waals surface area contributed by atoms with Crippen LogP contribution in [0.25, 0.3) is 0 Å². The summed E-state index contributed by atoms with van der Waals surface area (Å²) in [5.41, 5.74) is 0.315. The summed E-state index contributed by atoms with van der Waals surface area (Å²) < 4.78 is 0. The van der Waals surface area contributed by atoms with Crippen molar-refractivity contribution in [2.75, 3.05) is 0 Å². The van der Waals surface area contributed by atoms with Crippen molar-refractivity contribution in [3.05, 3.63) is 17.2 Å². The standard InChI is InChI=1S/C17H26O4/c1-3-5-7-9-12-14(19)11-15(20)16(17(12)21)13(18)10-8-6-4-2/h11,19-21H,3-10H2,1-2H3. The molecule has 0 atom stereocenters. The Bertz CT molecular complexity index is 480. The molecule has 4 nitrogen and oxygen atoms in total. The molecule has 0 aliphatic carbocycles. The second kappa shape index (κ2) is 8.55. The predicted molar refractivity (Wildman–Crippen MR) is 83.1 cm³/mol. The molecule has 0 saturated carbocycles. The van der Waals surface area contributed by atoms with Crippen LogP contribution in [0.5, 0.6) is 17.2 Å². The van der Waals surface area contributed by atoms with Gasteiger partial charge in [-0.25, -0.2) is 0 Å². The maximum absolute atomic E-state index is 12.2. The molecule has 4 heteroatoms. The van der Waals surface area contributed by atoms with Gasteiger partial charge >= 0.3 is 0 Å². The van der Waals surface area contributed by atoms with Crippen molar-refractivity contribution in [3.8, 4) is 17.2 Å². The average Bonchev–Trinajstić information content (AvgIpc) is 2.42. The Morgan fingerprint density at radius 2 is 1.57 bits per heavy atom. The number of unbranched alkanes of at least 4 members (excludes halogenated alkanes) is 4. The van der Waals surface area contributed by atoms with E-state index in [0.29, 0.717) is 18.4 Å². The summed E-state index contributed by atoms with van der Waals surface area (Å²) in [6.45, 7) is 4.12. The highest BCUT2D eigenvalue weighted by atomic mass is 16.3. The van der Waals surface area contributed by atoms with Crippen molar-refractivity contribution in [3.63, 3.8) is 0 Å². The lowest BCUT2D eigenvalue weighted by Crippen LogP contribution is -2.02. The van der Waals surface area contributed by atoms with E-state index < -0.39 is 0 Å². The second-order valence-electron chi connectivity index (χ2n) is 5.45. The molecule has 1 aromatic rings. The van der Waals surface area contributed by atoms with Gasteiger partial charge in [-0.1, -0.05) is 39.5 Å². The highest BCUT2D eigenvalue weighted by Gasteiger charge is 2.22. The Kier molecular flexibility index (Phi) is 7.06. The maximum atomic E-state index is 12.2. The fourth-order valence-electron chi connectivity index (χ4n) is 2.42. The van der Waals surface area contributed by atoms with E-state index in [1.54, 1.807) is 0 Å². The Hall–Kier alpha value is -1.71. The summed E-state index contributed by atoms with van der Waals surface area (Å²) in [4.78, 5) is 12.2. The summed E-state index contributed by atoms with van der Waals surface area (Å²) in [7, 11) is 0. The third-order valence-electron chi connectivity index (χ3n) is 3.68. The number of carbonyl (C=O) groups excluding carboxylic acids is 1. The van der Waals surface area contributed by atoms with Crippen LogP contribution in [0.2, 0.25) is 0 Å². The van der Waals surface area contributed by atoms with Crippen molar-refractivity contribution < 1.29 is 20.1 Å². The van der Waals surface area contributed by atoms with E-state index in [4.69, 9.17) is 0 Å². The molecule has 0 bridgehead atoms. The molecular weight excluding hydrogens is 268 g/mol. The molecule has 0 aromatic heterocycles. The highest BCUT2D eigenvalue weighted by molar-refractivity contribution is 6.01. The zero-order valence-electron chi connectivity index (χ0n) is 13.0. The molecule has 0 aliphatic rings. The third-order valence-corrected chi connectivity index (χ3v) is 3.68. The Morgan fingerprint density at radius 1 is 0.952 bits per heavy atom. The fourth-order valence-corrected chi connectivity index (χ4v) is 2.42. The molecule has 0 unspecified atom stereocenters. The van der Waals surface area contributed by atoms with Crippen LogP contribution >= 0.6 is 0 Å². The minimum Gasteiger partial charge on any atom is -0.507 e. The van der Waals surface area contributed by atoms with Crippen molar-refractivity contribution >= 4 is 5.78 Å². The summed E-state index contributed by atoms with van der Waals surface area (Å²) in [6.07, 6.45) is 6.32. The van der Waals surface area contributed by atoms with Gasteiger partial charge in [-0.15, -0.1) is 0 Å². The number of carbonyl (C=O) groups is 1. The summed E-state index contributed by atoms with van der Waals surface area (Å²) in [5, 5.41) is 30.0. The summed E-state index contributed by atoms with van der Waals surface area (Å²) in [5.74, 6) is -1.02. The van der Waals surface area contributed by atoms with Gasteiger partial charge in [0.1, 0.15) is 22.8 Å². The maximum Gasteiger partial charge on any atom is 0.170 e. The number of ketones is 1. The van der Waals surface area contributed by atoms with E-state index in [0.717, 1.165) is 44.6 Å². The van der Waals surface area contributed by atoms with Crippen LogP contribution in [0.15, 0.2) is 6.07 Å². The quantitative estimate of drug-likeness (QED) is 0.469. The molecule has 0 radical (unpaired) electrons. The topological polar surface area (TPSA) is 77.8 Å². The zero-order chi connectivity index (χ0) is 15.8. The van der Waals surface area contributed by atoms with Gasteiger partial charge < -0.3 is 15.3 Å². The van der Waals surface area contributed by atoms with E-state index in [1.807, 2.05) is 6.92 Å². The lowest BCUT2D eigenvalue weighted by molar-refractivity contribution is 0.0973. The minimum atomic E-state index is -0.342. The molecule has 1 rings (SSSR count). The van der Waals surface area contributed by atoms with Crippen LogP contribution in [-0.4, -0.2) is 21.1 Å². The Labute approximate surface area is 126 Å². The van der Waals surface area contributed by atoms with Crippen molar-refractivity contribution in [2.45, 2.75) is 65.2 Å². The summed E-state index contributed by atoms with van der Waals surface area (Å²) in [6, 6.07) is 1.16.